The van der Waals surface area contributed by atoms with Crippen molar-refractivity contribution < 1.29 is 4.79 Å². The highest BCUT2D eigenvalue weighted by atomic mass is 16.1. The van der Waals surface area contributed by atoms with E-state index in [1.165, 1.54) is 31.8 Å². The van der Waals surface area contributed by atoms with Crippen LogP contribution in [0.4, 0.5) is 0 Å². The van der Waals surface area contributed by atoms with E-state index in [-0.39, 0.29) is 5.78 Å². The molecule has 2 unspecified atom stereocenters. The summed E-state index contributed by atoms with van der Waals surface area (Å²) in [5.74, 6) is 7.04. The summed E-state index contributed by atoms with van der Waals surface area (Å²) in [6, 6.07) is 0. The Hall–Kier alpha value is -1.03. The summed E-state index contributed by atoms with van der Waals surface area (Å²) in [4.78, 5) is 10.7. The molecular weight excluding hydrogens is 184 g/mol. The number of carbonyl (C=O) groups excluding carboxylic acids is 1. The normalized spacial score (nSPS) is 33.9. The number of allylic oxidation sites excluding steroid dienone is 2. The second-order valence-electron chi connectivity index (χ2n) is 5.35. The molecule has 2 fully saturated rings. The van der Waals surface area contributed by atoms with Gasteiger partial charge >= 0.3 is 0 Å². The van der Waals surface area contributed by atoms with Gasteiger partial charge in [-0.25, -0.2) is 0 Å². The van der Waals surface area contributed by atoms with E-state index in [1.807, 2.05) is 6.08 Å². The van der Waals surface area contributed by atoms with Gasteiger partial charge in [-0.15, -0.1) is 0 Å². The fraction of sp³-hybridized carbons (Fsp3) is 0.643. The lowest BCUT2D eigenvalue weighted by atomic mass is 9.73. The largest absolute Gasteiger partial charge is 0.285 e. The predicted octanol–water partition coefficient (Wildman–Crippen LogP) is 2.96. The van der Waals surface area contributed by atoms with Crippen molar-refractivity contribution in [3.8, 4) is 11.8 Å². The van der Waals surface area contributed by atoms with Gasteiger partial charge in [0.15, 0.2) is 0 Å². The van der Waals surface area contributed by atoms with Crippen molar-refractivity contribution in [3.63, 3.8) is 0 Å². The molecule has 2 bridgehead atoms. The second-order valence-corrected chi connectivity index (χ2v) is 5.35. The third kappa shape index (κ3) is 1.74. The lowest BCUT2D eigenvalue weighted by Crippen LogP contribution is -2.22. The number of ketones is 1. The molecule has 0 N–H and O–H groups in total. The van der Waals surface area contributed by atoms with E-state index in [4.69, 9.17) is 0 Å². The maximum atomic E-state index is 10.7. The van der Waals surface area contributed by atoms with Gasteiger partial charge in [0.25, 0.3) is 0 Å². The number of hydrogen-bond acceptors (Lipinski definition) is 1. The molecule has 15 heavy (non-hydrogen) atoms. The smallest absolute Gasteiger partial charge is 0.202 e. The summed E-state index contributed by atoms with van der Waals surface area (Å²) in [6.07, 6.45) is 6.03. The van der Waals surface area contributed by atoms with E-state index in [1.54, 1.807) is 0 Å². The van der Waals surface area contributed by atoms with Gasteiger partial charge < -0.3 is 0 Å². The van der Waals surface area contributed by atoms with Crippen LogP contribution in [0.3, 0.4) is 0 Å². The van der Waals surface area contributed by atoms with Gasteiger partial charge in [0.05, 0.1) is 0 Å². The van der Waals surface area contributed by atoms with Gasteiger partial charge in [-0.05, 0) is 48.5 Å². The molecule has 2 atom stereocenters. The van der Waals surface area contributed by atoms with Crippen molar-refractivity contribution in [2.75, 3.05) is 0 Å². The van der Waals surface area contributed by atoms with Gasteiger partial charge in [0.1, 0.15) is 0 Å². The zero-order valence-electron chi connectivity index (χ0n) is 9.76. The maximum absolute atomic E-state index is 10.7. The lowest BCUT2D eigenvalue weighted by Gasteiger charge is -2.32. The summed E-state index contributed by atoms with van der Waals surface area (Å²) in [5, 5.41) is 0. The molecule has 2 saturated carbocycles. The monoisotopic (exact) mass is 202 g/mol. The van der Waals surface area contributed by atoms with Crippen molar-refractivity contribution in [3.05, 3.63) is 11.6 Å². The molecule has 0 aromatic heterocycles. The van der Waals surface area contributed by atoms with Crippen LogP contribution in [-0.2, 0) is 4.79 Å². The average molecular weight is 202 g/mol. The van der Waals surface area contributed by atoms with Gasteiger partial charge in [-0.2, -0.15) is 0 Å². The van der Waals surface area contributed by atoms with E-state index in [0.29, 0.717) is 5.41 Å². The van der Waals surface area contributed by atoms with E-state index in [0.717, 1.165) is 11.8 Å². The fourth-order valence-electron chi connectivity index (χ4n) is 3.20. The van der Waals surface area contributed by atoms with E-state index in [2.05, 4.69) is 25.7 Å². The zero-order valence-corrected chi connectivity index (χ0v) is 9.76. The number of fused-ring (bicyclic) bond motifs is 2. The Morgan fingerprint density at radius 3 is 2.73 bits per heavy atom. The van der Waals surface area contributed by atoms with Crippen LogP contribution in [0.25, 0.3) is 0 Å². The van der Waals surface area contributed by atoms with Crippen LogP contribution < -0.4 is 0 Å². The summed E-state index contributed by atoms with van der Waals surface area (Å²) in [5.41, 5.74) is 1.79. The van der Waals surface area contributed by atoms with Crippen molar-refractivity contribution in [1.29, 1.82) is 0 Å². The first-order chi connectivity index (χ1) is 7.01. The Morgan fingerprint density at radius 1 is 1.47 bits per heavy atom. The molecule has 0 aliphatic heterocycles. The van der Waals surface area contributed by atoms with Crippen LogP contribution in [0.1, 0.15) is 40.0 Å². The molecule has 1 nitrogen and oxygen atoms in total. The van der Waals surface area contributed by atoms with Crippen molar-refractivity contribution in [2.24, 2.45) is 17.3 Å². The molecule has 2 aliphatic carbocycles. The second kappa shape index (κ2) is 3.52. The minimum atomic E-state index is -0.0483. The van der Waals surface area contributed by atoms with E-state index in [9.17, 15) is 4.79 Å². The van der Waals surface area contributed by atoms with Crippen molar-refractivity contribution in [1.82, 2.24) is 0 Å². The highest BCUT2D eigenvalue weighted by molar-refractivity contribution is 5.93. The van der Waals surface area contributed by atoms with Crippen LogP contribution in [0.5, 0.6) is 0 Å². The molecule has 80 valence electrons. The molecular formula is C14H18O. The Labute approximate surface area is 91.9 Å². The molecule has 0 aromatic carbocycles. The Balaban J connectivity index is 2.23. The first kappa shape index (κ1) is 10.5. The number of rotatable bonds is 0. The molecule has 2 aliphatic rings. The van der Waals surface area contributed by atoms with Crippen LogP contribution in [0, 0.1) is 29.1 Å². The lowest BCUT2D eigenvalue weighted by molar-refractivity contribution is -0.111. The van der Waals surface area contributed by atoms with Crippen LogP contribution >= 0.6 is 0 Å². The Kier molecular flexibility index (Phi) is 2.46. The zero-order chi connectivity index (χ0) is 11.1. The third-order valence-electron chi connectivity index (χ3n) is 4.11. The van der Waals surface area contributed by atoms with Crippen molar-refractivity contribution in [2.45, 2.75) is 40.0 Å². The summed E-state index contributed by atoms with van der Waals surface area (Å²) in [6.45, 7) is 6.15. The Bertz CT molecular complexity index is 376. The minimum absolute atomic E-state index is 0.0483. The number of Topliss-reactive ketones (excluding diaryl/α,β-unsaturated/α-hetero) is 1. The molecule has 2 rings (SSSR count). The van der Waals surface area contributed by atoms with Gasteiger partial charge in [0, 0.05) is 6.92 Å². The van der Waals surface area contributed by atoms with Crippen LogP contribution in [-0.4, -0.2) is 5.78 Å². The first-order valence-corrected chi connectivity index (χ1v) is 5.74. The molecule has 0 amide bonds. The topological polar surface area (TPSA) is 17.1 Å². The van der Waals surface area contributed by atoms with E-state index >= 15 is 0 Å². The summed E-state index contributed by atoms with van der Waals surface area (Å²) < 4.78 is 0. The quantitative estimate of drug-likeness (QED) is 0.436. The molecule has 0 spiro atoms. The van der Waals surface area contributed by atoms with Crippen molar-refractivity contribution >= 4 is 5.78 Å². The average Bonchev–Trinajstić information content (AvgIpc) is 2.66. The Morgan fingerprint density at radius 2 is 2.20 bits per heavy atom. The standard InChI is InChI=1S/C14H18O/c1-10(15)5-4-6-13-11-7-8-12(9-11)14(13,2)3/h6,11-12H,7-9H2,1-3H3. The summed E-state index contributed by atoms with van der Waals surface area (Å²) >= 11 is 0. The SMILES string of the molecule is CC(=O)C#CC=C1C2CCC(C2)C1(C)C. The van der Waals surface area contributed by atoms with Gasteiger partial charge in [-0.3, -0.25) is 4.79 Å². The molecule has 0 saturated heterocycles. The highest BCUT2D eigenvalue weighted by Gasteiger charge is 2.48. The molecule has 0 radical (unpaired) electrons. The highest BCUT2D eigenvalue weighted by Crippen LogP contribution is 2.58. The molecule has 0 heterocycles. The number of carbonyl (C=O) groups is 1. The fourth-order valence-corrected chi connectivity index (χ4v) is 3.20. The first-order valence-electron chi connectivity index (χ1n) is 5.74. The van der Waals surface area contributed by atoms with Gasteiger partial charge in [-0.1, -0.05) is 25.3 Å². The predicted molar refractivity (Wildman–Crippen MR) is 61.2 cm³/mol. The maximum Gasteiger partial charge on any atom is 0.202 e. The molecule has 1 heteroatoms. The van der Waals surface area contributed by atoms with E-state index < -0.39 is 0 Å². The van der Waals surface area contributed by atoms with Crippen LogP contribution in [0.2, 0.25) is 0 Å². The van der Waals surface area contributed by atoms with Crippen LogP contribution in [0.15, 0.2) is 11.6 Å². The van der Waals surface area contributed by atoms with Gasteiger partial charge in [0.2, 0.25) is 5.78 Å². The number of hydrogen-bond donors (Lipinski definition) is 0. The molecule has 0 aromatic rings. The third-order valence-corrected chi connectivity index (χ3v) is 4.11. The minimum Gasteiger partial charge on any atom is -0.285 e. The summed E-state index contributed by atoms with van der Waals surface area (Å²) in [7, 11) is 0.